The number of nitrogens with zero attached hydrogens (tertiary/aromatic N) is 1. The lowest BCUT2D eigenvalue weighted by Gasteiger charge is -2.30. The van der Waals surface area contributed by atoms with Crippen LogP contribution < -0.4 is 5.32 Å². The fourth-order valence-corrected chi connectivity index (χ4v) is 2.34. The minimum Gasteiger partial charge on any atom is -0.303 e. The molecule has 1 heterocycles. The van der Waals surface area contributed by atoms with Gasteiger partial charge in [0.25, 0.3) is 0 Å². The minimum absolute atomic E-state index is 0.675. The molecule has 0 amide bonds. The normalized spacial score (nSPS) is 27.3. The maximum absolute atomic E-state index is 3.51. The first-order valence-electron chi connectivity index (χ1n) is 4.36. The van der Waals surface area contributed by atoms with E-state index in [-0.39, 0.29) is 0 Å². The van der Waals surface area contributed by atoms with E-state index >= 15 is 0 Å². The Bertz CT molecular complexity index is 108. The highest BCUT2D eigenvalue weighted by atomic mass is 32.2. The summed E-state index contributed by atoms with van der Waals surface area (Å²) in [5.74, 6) is 1.28. The summed E-state index contributed by atoms with van der Waals surface area (Å²) in [6.07, 6.45) is 1.28. The van der Waals surface area contributed by atoms with Crippen molar-refractivity contribution in [3.63, 3.8) is 0 Å². The van der Waals surface area contributed by atoms with Crippen molar-refractivity contribution in [3.8, 4) is 0 Å². The molecule has 0 radical (unpaired) electrons. The Labute approximate surface area is 73.7 Å². The molecule has 1 aliphatic rings. The molecule has 0 aromatic rings. The molecule has 2 nitrogen and oxygen atoms in total. The molecule has 3 heteroatoms. The standard InChI is InChI=1S/C8H18N2S/c1-3-6-11-8-7-10(2)5-4-9-8/h8-9H,3-7H2,1-2H3. The maximum atomic E-state index is 3.51. The Kier molecular flexibility index (Phi) is 4.26. The summed E-state index contributed by atoms with van der Waals surface area (Å²) in [7, 11) is 2.19. The van der Waals surface area contributed by atoms with E-state index in [9.17, 15) is 0 Å². The first kappa shape index (κ1) is 9.36. The highest BCUT2D eigenvalue weighted by molar-refractivity contribution is 7.99. The molecule has 1 saturated heterocycles. The van der Waals surface area contributed by atoms with Gasteiger partial charge in [-0.05, 0) is 19.2 Å². The predicted octanol–water partition coefficient (Wildman–Crippen LogP) is 0.991. The van der Waals surface area contributed by atoms with Crippen molar-refractivity contribution in [2.24, 2.45) is 0 Å². The third-order valence-corrected chi connectivity index (χ3v) is 3.23. The molecule has 0 aromatic heterocycles. The zero-order valence-corrected chi connectivity index (χ0v) is 8.28. The smallest absolute Gasteiger partial charge is 0.0661 e. The van der Waals surface area contributed by atoms with Crippen molar-refractivity contribution in [2.45, 2.75) is 18.7 Å². The molecule has 1 rings (SSSR count). The molecule has 1 N–H and O–H groups in total. The third-order valence-electron chi connectivity index (χ3n) is 1.87. The molecule has 1 unspecified atom stereocenters. The van der Waals surface area contributed by atoms with E-state index in [0.717, 1.165) is 6.54 Å². The van der Waals surface area contributed by atoms with Crippen molar-refractivity contribution in [1.82, 2.24) is 10.2 Å². The van der Waals surface area contributed by atoms with Crippen molar-refractivity contribution < 1.29 is 0 Å². The largest absolute Gasteiger partial charge is 0.303 e. The van der Waals surface area contributed by atoms with E-state index in [1.54, 1.807) is 0 Å². The average Bonchev–Trinajstić information content (AvgIpc) is 2.01. The average molecular weight is 174 g/mol. The van der Waals surface area contributed by atoms with Crippen LogP contribution in [0.4, 0.5) is 0 Å². The van der Waals surface area contributed by atoms with Gasteiger partial charge in [-0.15, -0.1) is 11.8 Å². The van der Waals surface area contributed by atoms with Gasteiger partial charge in [0.15, 0.2) is 0 Å². The summed E-state index contributed by atoms with van der Waals surface area (Å²) in [6.45, 7) is 5.78. The van der Waals surface area contributed by atoms with Gasteiger partial charge in [0.05, 0.1) is 5.37 Å². The van der Waals surface area contributed by atoms with Crippen LogP contribution in [0.15, 0.2) is 0 Å². The highest BCUT2D eigenvalue weighted by Gasteiger charge is 2.15. The van der Waals surface area contributed by atoms with Crippen LogP contribution in [-0.2, 0) is 0 Å². The molecule has 1 aliphatic heterocycles. The van der Waals surface area contributed by atoms with Gasteiger partial charge in [-0.1, -0.05) is 6.92 Å². The number of likely N-dealkylation sites (N-methyl/N-ethyl adjacent to an activating group) is 1. The van der Waals surface area contributed by atoms with Crippen molar-refractivity contribution in [1.29, 1.82) is 0 Å². The van der Waals surface area contributed by atoms with Crippen LogP contribution in [0.1, 0.15) is 13.3 Å². The second kappa shape index (κ2) is 5.01. The topological polar surface area (TPSA) is 15.3 Å². The van der Waals surface area contributed by atoms with Crippen molar-refractivity contribution in [3.05, 3.63) is 0 Å². The number of rotatable bonds is 3. The quantitative estimate of drug-likeness (QED) is 0.687. The minimum atomic E-state index is 0.675. The molecule has 11 heavy (non-hydrogen) atoms. The Morgan fingerprint density at radius 1 is 1.64 bits per heavy atom. The van der Waals surface area contributed by atoms with E-state index in [0.29, 0.717) is 5.37 Å². The van der Waals surface area contributed by atoms with Gasteiger partial charge >= 0.3 is 0 Å². The first-order valence-corrected chi connectivity index (χ1v) is 5.41. The predicted molar refractivity (Wildman–Crippen MR) is 52.0 cm³/mol. The lowest BCUT2D eigenvalue weighted by Crippen LogP contribution is -2.47. The van der Waals surface area contributed by atoms with Crippen LogP contribution in [0.2, 0.25) is 0 Å². The van der Waals surface area contributed by atoms with Crippen LogP contribution in [0.5, 0.6) is 0 Å². The van der Waals surface area contributed by atoms with Gasteiger partial charge in [-0.2, -0.15) is 0 Å². The van der Waals surface area contributed by atoms with Gasteiger partial charge in [-0.25, -0.2) is 0 Å². The van der Waals surface area contributed by atoms with Gasteiger partial charge in [-0.3, -0.25) is 0 Å². The van der Waals surface area contributed by atoms with E-state index in [4.69, 9.17) is 0 Å². The lowest BCUT2D eigenvalue weighted by atomic mass is 10.4. The number of piperazine rings is 1. The molecule has 66 valence electrons. The second-order valence-electron chi connectivity index (χ2n) is 3.08. The van der Waals surface area contributed by atoms with Crippen molar-refractivity contribution in [2.75, 3.05) is 32.4 Å². The Morgan fingerprint density at radius 2 is 2.45 bits per heavy atom. The molecule has 0 spiro atoms. The summed E-state index contributed by atoms with van der Waals surface area (Å²) in [5, 5.41) is 4.18. The van der Waals surface area contributed by atoms with E-state index in [1.165, 1.54) is 25.3 Å². The number of hydrogen-bond acceptors (Lipinski definition) is 3. The second-order valence-corrected chi connectivity index (χ2v) is 4.39. The molecular weight excluding hydrogens is 156 g/mol. The summed E-state index contributed by atoms with van der Waals surface area (Å²) in [6, 6.07) is 0. The summed E-state index contributed by atoms with van der Waals surface area (Å²) in [5.41, 5.74) is 0. The van der Waals surface area contributed by atoms with Gasteiger partial charge in [0.1, 0.15) is 0 Å². The van der Waals surface area contributed by atoms with Gasteiger partial charge < -0.3 is 10.2 Å². The Hall–Kier alpha value is 0.270. The van der Waals surface area contributed by atoms with Crippen LogP contribution in [0.3, 0.4) is 0 Å². The van der Waals surface area contributed by atoms with Crippen LogP contribution in [0, 0.1) is 0 Å². The Morgan fingerprint density at radius 3 is 3.09 bits per heavy atom. The van der Waals surface area contributed by atoms with E-state index in [1.807, 2.05) is 11.8 Å². The van der Waals surface area contributed by atoms with Crippen LogP contribution in [-0.4, -0.2) is 42.7 Å². The van der Waals surface area contributed by atoms with E-state index in [2.05, 4.69) is 24.2 Å². The maximum Gasteiger partial charge on any atom is 0.0661 e. The Balaban J connectivity index is 2.12. The monoisotopic (exact) mass is 174 g/mol. The molecule has 1 atom stereocenters. The molecule has 1 fully saturated rings. The first-order chi connectivity index (χ1) is 5.33. The molecule has 0 aromatic carbocycles. The highest BCUT2D eigenvalue weighted by Crippen LogP contribution is 2.12. The van der Waals surface area contributed by atoms with Gasteiger partial charge in [0, 0.05) is 19.6 Å². The summed E-state index contributed by atoms with van der Waals surface area (Å²) >= 11 is 2.05. The summed E-state index contributed by atoms with van der Waals surface area (Å²) in [4.78, 5) is 2.39. The molecule has 0 aliphatic carbocycles. The van der Waals surface area contributed by atoms with Gasteiger partial charge in [0.2, 0.25) is 0 Å². The molecule has 0 bridgehead atoms. The zero-order chi connectivity index (χ0) is 8.10. The van der Waals surface area contributed by atoms with E-state index < -0.39 is 0 Å². The van der Waals surface area contributed by atoms with Crippen LogP contribution in [0.25, 0.3) is 0 Å². The molecule has 0 saturated carbocycles. The zero-order valence-electron chi connectivity index (χ0n) is 7.47. The summed E-state index contributed by atoms with van der Waals surface area (Å²) < 4.78 is 0. The number of nitrogens with one attached hydrogen (secondary N) is 1. The fraction of sp³-hybridized carbons (Fsp3) is 1.00. The SMILES string of the molecule is CCCSC1CN(C)CCN1. The fourth-order valence-electron chi connectivity index (χ4n) is 1.23. The van der Waals surface area contributed by atoms with Crippen LogP contribution >= 0.6 is 11.8 Å². The van der Waals surface area contributed by atoms with Crippen molar-refractivity contribution >= 4 is 11.8 Å². The third kappa shape index (κ3) is 3.45. The lowest BCUT2D eigenvalue weighted by molar-refractivity contribution is 0.278. The number of hydrogen-bond donors (Lipinski definition) is 1. The number of thioether (sulfide) groups is 1. The molecular formula is C8H18N2S.